The zero-order valence-electron chi connectivity index (χ0n) is 16.0. The summed E-state index contributed by atoms with van der Waals surface area (Å²) in [7, 11) is -1.82. The van der Waals surface area contributed by atoms with Crippen LogP contribution in [0.2, 0.25) is 0 Å². The van der Waals surface area contributed by atoms with Gasteiger partial charge in [-0.05, 0) is 43.2 Å². The summed E-state index contributed by atoms with van der Waals surface area (Å²) < 4.78 is 32.9. The summed E-state index contributed by atoms with van der Waals surface area (Å²) in [4.78, 5) is 9.59. The Bertz CT molecular complexity index is 1090. The summed E-state index contributed by atoms with van der Waals surface area (Å²) in [5.41, 5.74) is 1.48. The number of benzene rings is 1. The Morgan fingerprint density at radius 1 is 1.10 bits per heavy atom. The molecule has 1 aliphatic heterocycles. The number of rotatable bonds is 6. The Labute approximate surface area is 174 Å². The van der Waals surface area contributed by atoms with Gasteiger partial charge in [0.05, 0.1) is 17.7 Å². The van der Waals surface area contributed by atoms with Gasteiger partial charge in [0, 0.05) is 31.0 Å². The number of aromatic nitrogens is 2. The second kappa shape index (κ2) is 8.48. The SMILES string of the molecule is COc1cccc(Nc2nccc(-c3ccc(S(=O)(=O)N4CCCCC4)s3)n2)c1. The first-order chi connectivity index (χ1) is 14.1. The zero-order valence-corrected chi connectivity index (χ0v) is 17.7. The van der Waals surface area contributed by atoms with Crippen LogP contribution in [0.1, 0.15) is 19.3 Å². The average molecular weight is 431 g/mol. The molecule has 0 unspecified atom stereocenters. The normalized spacial score (nSPS) is 15.2. The van der Waals surface area contributed by atoms with Crippen molar-refractivity contribution in [2.75, 3.05) is 25.5 Å². The number of thiophene rings is 1. The minimum absolute atomic E-state index is 0.357. The summed E-state index contributed by atoms with van der Waals surface area (Å²) in [5, 5.41) is 3.15. The fraction of sp³-hybridized carbons (Fsp3) is 0.300. The largest absolute Gasteiger partial charge is 0.497 e. The monoisotopic (exact) mass is 430 g/mol. The quantitative estimate of drug-likeness (QED) is 0.633. The Morgan fingerprint density at radius 3 is 2.72 bits per heavy atom. The summed E-state index contributed by atoms with van der Waals surface area (Å²) in [6.45, 7) is 1.19. The third kappa shape index (κ3) is 4.42. The molecule has 3 aromatic rings. The highest BCUT2D eigenvalue weighted by molar-refractivity contribution is 7.91. The van der Waals surface area contributed by atoms with Crippen molar-refractivity contribution in [2.45, 2.75) is 23.5 Å². The van der Waals surface area contributed by atoms with E-state index in [1.807, 2.05) is 24.3 Å². The highest BCUT2D eigenvalue weighted by Gasteiger charge is 2.27. The first kappa shape index (κ1) is 19.8. The number of hydrogen-bond acceptors (Lipinski definition) is 7. The number of ether oxygens (including phenoxy) is 1. The Kier molecular flexibility index (Phi) is 5.79. The van der Waals surface area contributed by atoms with Gasteiger partial charge in [0.25, 0.3) is 10.0 Å². The molecule has 0 bridgehead atoms. The van der Waals surface area contributed by atoms with Gasteiger partial charge in [-0.25, -0.2) is 18.4 Å². The Balaban J connectivity index is 1.56. The molecule has 0 spiro atoms. The number of hydrogen-bond donors (Lipinski definition) is 1. The maximum atomic E-state index is 12.9. The van der Waals surface area contributed by atoms with Gasteiger partial charge in [0.2, 0.25) is 5.95 Å². The first-order valence-electron chi connectivity index (χ1n) is 9.41. The molecule has 4 rings (SSSR count). The van der Waals surface area contributed by atoms with Crippen LogP contribution in [0.4, 0.5) is 11.6 Å². The van der Waals surface area contributed by atoms with Crippen LogP contribution in [-0.4, -0.2) is 42.9 Å². The maximum Gasteiger partial charge on any atom is 0.252 e. The first-order valence-corrected chi connectivity index (χ1v) is 11.7. The second-order valence-electron chi connectivity index (χ2n) is 6.71. The third-order valence-electron chi connectivity index (χ3n) is 4.72. The minimum Gasteiger partial charge on any atom is -0.497 e. The molecule has 1 fully saturated rings. The van der Waals surface area contributed by atoms with Crippen LogP contribution in [0.5, 0.6) is 5.75 Å². The summed E-state index contributed by atoms with van der Waals surface area (Å²) in [5.74, 6) is 1.17. The molecule has 1 aromatic carbocycles. The van der Waals surface area contributed by atoms with E-state index in [9.17, 15) is 8.42 Å². The van der Waals surface area contributed by atoms with Crippen LogP contribution in [-0.2, 0) is 10.0 Å². The second-order valence-corrected chi connectivity index (χ2v) is 9.95. The van der Waals surface area contributed by atoms with Crippen molar-refractivity contribution in [2.24, 2.45) is 0 Å². The van der Waals surface area contributed by atoms with Gasteiger partial charge in [-0.2, -0.15) is 4.31 Å². The number of methoxy groups -OCH3 is 1. The van der Waals surface area contributed by atoms with Crippen LogP contribution >= 0.6 is 11.3 Å². The lowest BCUT2D eigenvalue weighted by atomic mass is 10.2. The summed E-state index contributed by atoms with van der Waals surface area (Å²) in [6, 6.07) is 12.7. The van der Waals surface area contributed by atoms with Gasteiger partial charge < -0.3 is 10.1 Å². The van der Waals surface area contributed by atoms with Crippen molar-refractivity contribution in [1.82, 2.24) is 14.3 Å². The standard InChI is InChI=1S/C20H22N4O3S2/c1-27-16-7-5-6-15(14-16)22-20-21-11-10-17(23-20)18-8-9-19(28-18)29(25,26)24-12-3-2-4-13-24/h5-11,14H,2-4,12-13H2,1H3,(H,21,22,23). The van der Waals surface area contributed by atoms with Crippen molar-refractivity contribution in [3.63, 3.8) is 0 Å². The Hall–Kier alpha value is -2.49. The lowest BCUT2D eigenvalue weighted by molar-refractivity contribution is 0.347. The molecule has 1 saturated heterocycles. The maximum absolute atomic E-state index is 12.9. The summed E-state index contributed by atoms with van der Waals surface area (Å²) in [6.07, 6.45) is 4.58. The van der Waals surface area contributed by atoms with Crippen molar-refractivity contribution < 1.29 is 13.2 Å². The van der Waals surface area contributed by atoms with Crippen LogP contribution in [0.25, 0.3) is 10.6 Å². The van der Waals surface area contributed by atoms with E-state index in [0.717, 1.165) is 35.6 Å². The molecule has 0 saturated carbocycles. The molecule has 7 nitrogen and oxygen atoms in total. The van der Waals surface area contributed by atoms with Gasteiger partial charge >= 0.3 is 0 Å². The van der Waals surface area contributed by atoms with Crippen LogP contribution in [0.3, 0.4) is 0 Å². The van der Waals surface area contributed by atoms with Crippen molar-refractivity contribution in [3.05, 3.63) is 48.7 Å². The molecule has 1 aliphatic rings. The smallest absolute Gasteiger partial charge is 0.252 e. The molecule has 1 N–H and O–H groups in total. The predicted molar refractivity (Wildman–Crippen MR) is 114 cm³/mol. The van der Waals surface area contributed by atoms with E-state index in [2.05, 4.69) is 15.3 Å². The van der Waals surface area contributed by atoms with E-state index in [-0.39, 0.29) is 0 Å². The highest BCUT2D eigenvalue weighted by Crippen LogP contribution is 2.32. The van der Waals surface area contributed by atoms with Gasteiger partial charge in [-0.1, -0.05) is 12.5 Å². The molecule has 3 heterocycles. The molecular weight excluding hydrogens is 408 g/mol. The third-order valence-corrected chi connectivity index (χ3v) is 8.20. The van der Waals surface area contributed by atoms with E-state index >= 15 is 0 Å². The van der Waals surface area contributed by atoms with Crippen LogP contribution in [0, 0.1) is 0 Å². The van der Waals surface area contributed by atoms with Crippen LogP contribution < -0.4 is 10.1 Å². The lowest BCUT2D eigenvalue weighted by Crippen LogP contribution is -2.35. The van der Waals surface area contributed by atoms with Gasteiger partial charge in [-0.15, -0.1) is 11.3 Å². The number of nitrogens with zero attached hydrogens (tertiary/aromatic N) is 3. The fourth-order valence-electron chi connectivity index (χ4n) is 3.22. The van der Waals surface area contributed by atoms with Crippen LogP contribution in [0.15, 0.2) is 52.9 Å². The molecule has 0 amide bonds. The molecule has 2 aromatic heterocycles. The van der Waals surface area contributed by atoms with Gasteiger partial charge in [-0.3, -0.25) is 0 Å². The van der Waals surface area contributed by atoms with Gasteiger partial charge in [0.1, 0.15) is 9.96 Å². The highest BCUT2D eigenvalue weighted by atomic mass is 32.2. The molecule has 29 heavy (non-hydrogen) atoms. The number of nitrogens with one attached hydrogen (secondary N) is 1. The minimum atomic E-state index is -3.44. The lowest BCUT2D eigenvalue weighted by Gasteiger charge is -2.25. The van der Waals surface area contributed by atoms with E-state index in [1.54, 1.807) is 35.8 Å². The van der Waals surface area contributed by atoms with Crippen molar-refractivity contribution in [1.29, 1.82) is 0 Å². The van der Waals surface area contributed by atoms with E-state index in [0.29, 0.717) is 28.9 Å². The summed E-state index contributed by atoms with van der Waals surface area (Å²) >= 11 is 1.24. The Morgan fingerprint density at radius 2 is 1.93 bits per heavy atom. The fourth-order valence-corrected chi connectivity index (χ4v) is 6.16. The molecule has 0 atom stereocenters. The van der Waals surface area contributed by atoms with E-state index in [1.165, 1.54) is 11.3 Å². The topological polar surface area (TPSA) is 84.4 Å². The molecule has 9 heteroatoms. The average Bonchev–Trinajstić information content (AvgIpc) is 3.26. The molecule has 152 valence electrons. The molecule has 0 aliphatic carbocycles. The number of sulfonamides is 1. The van der Waals surface area contributed by atoms with Gasteiger partial charge in [0.15, 0.2) is 0 Å². The van der Waals surface area contributed by atoms with Crippen molar-refractivity contribution >= 4 is 33.0 Å². The number of anilines is 2. The van der Waals surface area contributed by atoms with E-state index in [4.69, 9.17) is 4.74 Å². The van der Waals surface area contributed by atoms with Crippen molar-refractivity contribution in [3.8, 4) is 16.3 Å². The van der Waals surface area contributed by atoms with E-state index < -0.39 is 10.0 Å². The molecular formula is C20H22N4O3S2. The molecule has 0 radical (unpaired) electrons. The predicted octanol–water partition coefficient (Wildman–Crippen LogP) is 4.13. The zero-order chi connectivity index (χ0) is 20.3. The number of piperidine rings is 1.